The molecule has 0 bridgehead atoms. The van der Waals surface area contributed by atoms with Crippen molar-refractivity contribution >= 4 is 15.5 Å². The van der Waals surface area contributed by atoms with Crippen LogP contribution in [0.25, 0.3) is 0 Å². The zero-order valence-corrected chi connectivity index (χ0v) is 14.7. The molecule has 1 aliphatic rings. The quantitative estimate of drug-likeness (QED) is 0.776. The normalized spacial score (nSPS) is 20.9. The van der Waals surface area contributed by atoms with Crippen molar-refractivity contribution in [3.8, 4) is 0 Å². The zero-order valence-electron chi connectivity index (χ0n) is 13.9. The lowest BCUT2D eigenvalue weighted by Crippen LogP contribution is -2.35. The van der Waals surface area contributed by atoms with Crippen LogP contribution in [0.1, 0.15) is 23.6 Å². The predicted molar refractivity (Wildman–Crippen MR) is 96.6 cm³/mol. The third-order valence-corrected chi connectivity index (χ3v) is 5.56. The van der Waals surface area contributed by atoms with E-state index < -0.39 is 9.84 Å². The van der Waals surface area contributed by atoms with Gasteiger partial charge in [0.1, 0.15) is 0 Å². The first kappa shape index (κ1) is 17.0. The summed E-state index contributed by atoms with van der Waals surface area (Å²) in [6.45, 7) is 2.54. The third-order valence-electron chi connectivity index (χ3n) is 4.32. The molecule has 0 aromatic heterocycles. The molecule has 1 fully saturated rings. The number of benzene rings is 2. The predicted octanol–water partition coefficient (Wildman–Crippen LogP) is 2.42. The number of hydrogen-bond acceptors (Lipinski definition) is 5. The second-order valence-electron chi connectivity index (χ2n) is 6.32. The topological polar surface area (TPSA) is 70.2 Å². The lowest BCUT2D eigenvalue weighted by molar-refractivity contribution is 0.552. The van der Waals surface area contributed by atoms with Crippen LogP contribution in [0.2, 0.25) is 0 Å². The minimum absolute atomic E-state index is 0.276. The highest BCUT2D eigenvalue weighted by Gasteiger charge is 2.24. The highest BCUT2D eigenvalue weighted by Crippen LogP contribution is 2.23. The molecule has 24 heavy (non-hydrogen) atoms. The number of aryl methyl sites for hydroxylation is 1. The lowest BCUT2D eigenvalue weighted by atomic mass is 10.0. The Hall–Kier alpha value is -1.89. The van der Waals surface area contributed by atoms with E-state index in [0.29, 0.717) is 10.9 Å². The average Bonchev–Trinajstić information content (AvgIpc) is 3.03. The summed E-state index contributed by atoms with van der Waals surface area (Å²) in [5.41, 5.74) is 9.48. The Labute approximate surface area is 143 Å². The van der Waals surface area contributed by atoms with Crippen LogP contribution in [0.15, 0.2) is 53.4 Å². The summed E-state index contributed by atoms with van der Waals surface area (Å²) in [4.78, 5) is 0.382. The molecule has 0 saturated carbocycles. The molecule has 1 saturated heterocycles. The summed E-state index contributed by atoms with van der Waals surface area (Å²) >= 11 is 0. The van der Waals surface area contributed by atoms with Crippen LogP contribution in [-0.4, -0.2) is 27.3 Å². The first-order valence-electron chi connectivity index (χ1n) is 8.04. The molecule has 2 aromatic carbocycles. The molecule has 3 N–H and O–H groups in total. The SMILES string of the molecule is Cc1ccc(NCC2CC(c3ccccc3)NN2)cc1S(C)(=O)=O. The van der Waals surface area contributed by atoms with E-state index in [1.807, 2.05) is 37.3 Å². The largest absolute Gasteiger partial charge is 0.383 e. The van der Waals surface area contributed by atoms with Gasteiger partial charge >= 0.3 is 0 Å². The highest BCUT2D eigenvalue weighted by atomic mass is 32.2. The molecular weight excluding hydrogens is 322 g/mol. The summed E-state index contributed by atoms with van der Waals surface area (Å²) in [6, 6.07) is 16.4. The van der Waals surface area contributed by atoms with Gasteiger partial charge in [0.15, 0.2) is 9.84 Å². The first-order valence-corrected chi connectivity index (χ1v) is 9.93. The Morgan fingerprint density at radius 2 is 1.88 bits per heavy atom. The molecule has 2 atom stereocenters. The number of nitrogens with one attached hydrogen (secondary N) is 3. The van der Waals surface area contributed by atoms with Crippen LogP contribution in [-0.2, 0) is 9.84 Å². The van der Waals surface area contributed by atoms with Gasteiger partial charge < -0.3 is 5.32 Å². The minimum Gasteiger partial charge on any atom is -0.383 e. The van der Waals surface area contributed by atoms with Crippen molar-refractivity contribution in [2.24, 2.45) is 0 Å². The van der Waals surface area contributed by atoms with E-state index in [4.69, 9.17) is 0 Å². The third kappa shape index (κ3) is 3.95. The van der Waals surface area contributed by atoms with E-state index >= 15 is 0 Å². The van der Waals surface area contributed by atoms with Gasteiger partial charge in [-0.3, -0.25) is 5.43 Å². The molecule has 2 aromatic rings. The molecule has 0 spiro atoms. The number of hydrazine groups is 1. The summed E-state index contributed by atoms with van der Waals surface area (Å²) in [7, 11) is -3.21. The van der Waals surface area contributed by atoms with Crippen LogP contribution in [0.4, 0.5) is 5.69 Å². The van der Waals surface area contributed by atoms with Crippen molar-refractivity contribution in [2.75, 3.05) is 18.1 Å². The van der Waals surface area contributed by atoms with E-state index in [1.54, 1.807) is 6.07 Å². The molecule has 5 nitrogen and oxygen atoms in total. The summed E-state index contributed by atoms with van der Waals surface area (Å²) in [6.07, 6.45) is 2.22. The Balaban J connectivity index is 1.61. The molecule has 3 rings (SSSR count). The van der Waals surface area contributed by atoms with Gasteiger partial charge in [0, 0.05) is 30.6 Å². The standard InChI is InChI=1S/C18H23N3O2S/c1-13-8-9-15(11-18(13)24(2,22)23)19-12-16-10-17(21-20-16)14-6-4-3-5-7-14/h3-9,11,16-17,19-21H,10,12H2,1-2H3. The van der Waals surface area contributed by atoms with Crippen LogP contribution in [0, 0.1) is 6.92 Å². The maximum atomic E-state index is 11.8. The van der Waals surface area contributed by atoms with E-state index in [-0.39, 0.29) is 6.04 Å². The number of rotatable bonds is 5. The summed E-state index contributed by atoms with van der Waals surface area (Å²) < 4.78 is 23.6. The van der Waals surface area contributed by atoms with Crippen molar-refractivity contribution in [1.82, 2.24) is 10.9 Å². The van der Waals surface area contributed by atoms with Crippen molar-refractivity contribution in [2.45, 2.75) is 30.3 Å². The van der Waals surface area contributed by atoms with Gasteiger partial charge in [0.2, 0.25) is 0 Å². The van der Waals surface area contributed by atoms with Crippen LogP contribution in [0.5, 0.6) is 0 Å². The van der Waals surface area contributed by atoms with E-state index in [0.717, 1.165) is 24.2 Å². The first-order chi connectivity index (χ1) is 11.4. The maximum absolute atomic E-state index is 11.8. The monoisotopic (exact) mass is 345 g/mol. The fraction of sp³-hybridized carbons (Fsp3) is 0.333. The molecule has 0 amide bonds. The maximum Gasteiger partial charge on any atom is 0.175 e. The molecule has 1 aliphatic heterocycles. The van der Waals surface area contributed by atoms with Crippen LogP contribution in [0.3, 0.4) is 0 Å². The fourth-order valence-corrected chi connectivity index (χ4v) is 4.00. The minimum atomic E-state index is -3.21. The number of hydrogen-bond donors (Lipinski definition) is 3. The van der Waals surface area contributed by atoms with Crippen molar-refractivity contribution in [3.05, 3.63) is 59.7 Å². The Morgan fingerprint density at radius 3 is 2.58 bits per heavy atom. The van der Waals surface area contributed by atoms with Crippen molar-refractivity contribution < 1.29 is 8.42 Å². The Bertz CT molecular complexity index is 806. The highest BCUT2D eigenvalue weighted by molar-refractivity contribution is 7.90. The summed E-state index contributed by atoms with van der Waals surface area (Å²) in [5.74, 6) is 0. The molecule has 0 radical (unpaired) electrons. The van der Waals surface area contributed by atoms with Crippen molar-refractivity contribution in [3.63, 3.8) is 0 Å². The molecule has 1 heterocycles. The number of sulfone groups is 1. The zero-order chi connectivity index (χ0) is 17.2. The molecular formula is C18H23N3O2S. The fourth-order valence-electron chi connectivity index (χ4n) is 3.01. The van der Waals surface area contributed by atoms with E-state index in [2.05, 4.69) is 28.3 Å². The van der Waals surface area contributed by atoms with Crippen LogP contribution < -0.4 is 16.2 Å². The Morgan fingerprint density at radius 1 is 1.12 bits per heavy atom. The molecule has 2 unspecified atom stereocenters. The van der Waals surface area contributed by atoms with Gasteiger partial charge in [-0.15, -0.1) is 0 Å². The number of anilines is 1. The molecule has 0 aliphatic carbocycles. The van der Waals surface area contributed by atoms with Crippen LogP contribution >= 0.6 is 0 Å². The molecule has 128 valence electrons. The van der Waals surface area contributed by atoms with Gasteiger partial charge in [-0.25, -0.2) is 13.8 Å². The smallest absolute Gasteiger partial charge is 0.175 e. The van der Waals surface area contributed by atoms with Gasteiger partial charge in [0.05, 0.1) is 4.90 Å². The van der Waals surface area contributed by atoms with E-state index in [9.17, 15) is 8.42 Å². The second-order valence-corrected chi connectivity index (χ2v) is 8.30. The van der Waals surface area contributed by atoms with Gasteiger partial charge in [-0.2, -0.15) is 0 Å². The summed E-state index contributed by atoms with van der Waals surface area (Å²) in [5, 5.41) is 3.33. The average molecular weight is 345 g/mol. The van der Waals surface area contributed by atoms with E-state index in [1.165, 1.54) is 11.8 Å². The van der Waals surface area contributed by atoms with Gasteiger partial charge in [0.25, 0.3) is 0 Å². The lowest BCUT2D eigenvalue weighted by Gasteiger charge is -2.14. The van der Waals surface area contributed by atoms with Gasteiger partial charge in [-0.05, 0) is 36.6 Å². The Kier molecular flexibility index (Phi) is 4.89. The van der Waals surface area contributed by atoms with Crippen molar-refractivity contribution in [1.29, 1.82) is 0 Å². The second kappa shape index (κ2) is 6.93. The molecule has 6 heteroatoms. The van der Waals surface area contributed by atoms with Gasteiger partial charge in [-0.1, -0.05) is 36.4 Å².